The summed E-state index contributed by atoms with van der Waals surface area (Å²) < 4.78 is 26.1. The van der Waals surface area contributed by atoms with Crippen molar-refractivity contribution in [3.63, 3.8) is 0 Å². The fraction of sp³-hybridized carbons (Fsp3) is 0.333. The van der Waals surface area contributed by atoms with E-state index in [-0.39, 0.29) is 10.7 Å². The molecule has 0 aliphatic carbocycles. The van der Waals surface area contributed by atoms with Crippen molar-refractivity contribution < 1.29 is 13.2 Å². The van der Waals surface area contributed by atoms with Crippen molar-refractivity contribution in [2.45, 2.75) is 17.9 Å². The molecule has 1 aromatic heterocycles. The number of nitrogens with two attached hydrogens (primary N) is 1. The van der Waals surface area contributed by atoms with E-state index in [0.29, 0.717) is 0 Å². The van der Waals surface area contributed by atoms with Crippen molar-refractivity contribution in [3.8, 4) is 0 Å². The molecule has 0 fully saturated rings. The summed E-state index contributed by atoms with van der Waals surface area (Å²) >= 11 is 0. The first-order valence-electron chi connectivity index (χ1n) is 5.07. The van der Waals surface area contributed by atoms with Crippen LogP contribution in [-0.4, -0.2) is 32.4 Å². The minimum Gasteiger partial charge on any atom is -0.358 e. The van der Waals surface area contributed by atoms with Gasteiger partial charge in [-0.1, -0.05) is 0 Å². The topological polar surface area (TPSA) is 126 Å². The van der Waals surface area contributed by atoms with E-state index in [4.69, 9.17) is 5.84 Å². The summed E-state index contributed by atoms with van der Waals surface area (Å²) in [6.45, 7) is 1.44. The van der Waals surface area contributed by atoms with Crippen molar-refractivity contribution in [1.29, 1.82) is 0 Å². The molecule has 0 aliphatic heterocycles. The molecule has 1 unspecified atom stereocenters. The van der Waals surface area contributed by atoms with Gasteiger partial charge in [0.25, 0.3) is 0 Å². The van der Waals surface area contributed by atoms with Gasteiger partial charge in [0.15, 0.2) is 0 Å². The Balaban J connectivity index is 2.96. The lowest BCUT2D eigenvalue weighted by atomic mass is 10.3. The highest BCUT2D eigenvalue weighted by atomic mass is 32.2. The first-order chi connectivity index (χ1) is 8.40. The number of nitrogen functional groups attached to an aromatic ring is 1. The van der Waals surface area contributed by atoms with E-state index in [1.165, 1.54) is 32.3 Å². The zero-order valence-corrected chi connectivity index (χ0v) is 10.8. The summed E-state index contributed by atoms with van der Waals surface area (Å²) in [7, 11) is -2.37. The molecular weight excluding hydrogens is 258 g/mol. The Morgan fingerprint density at radius 2 is 2.17 bits per heavy atom. The molecule has 1 heterocycles. The molecule has 0 aliphatic rings. The van der Waals surface area contributed by atoms with Crippen molar-refractivity contribution in [3.05, 3.63) is 18.3 Å². The van der Waals surface area contributed by atoms with Crippen LogP contribution in [0.3, 0.4) is 0 Å². The molecule has 1 amide bonds. The number of carbonyl (C=O) groups excluding carboxylic acids is 1. The number of carbonyl (C=O) groups is 1. The highest BCUT2D eigenvalue weighted by Gasteiger charge is 2.21. The van der Waals surface area contributed by atoms with Crippen LogP contribution in [0, 0.1) is 0 Å². The van der Waals surface area contributed by atoms with Crippen LogP contribution in [0.5, 0.6) is 0 Å². The lowest BCUT2D eigenvalue weighted by molar-refractivity contribution is -0.121. The second kappa shape index (κ2) is 5.76. The van der Waals surface area contributed by atoms with Crippen LogP contribution in [0.25, 0.3) is 0 Å². The average Bonchev–Trinajstić information content (AvgIpc) is 2.37. The van der Waals surface area contributed by atoms with E-state index in [2.05, 4.69) is 20.4 Å². The fourth-order valence-corrected chi connectivity index (χ4v) is 2.44. The minimum atomic E-state index is -3.79. The van der Waals surface area contributed by atoms with Gasteiger partial charge in [0, 0.05) is 19.3 Å². The second-order valence-electron chi connectivity index (χ2n) is 3.48. The summed E-state index contributed by atoms with van der Waals surface area (Å²) in [6, 6.07) is 1.70. The fourth-order valence-electron chi connectivity index (χ4n) is 1.23. The summed E-state index contributed by atoms with van der Waals surface area (Å²) in [4.78, 5) is 15.0. The van der Waals surface area contributed by atoms with Gasteiger partial charge in [-0.25, -0.2) is 19.2 Å². The molecule has 18 heavy (non-hydrogen) atoms. The highest BCUT2D eigenvalue weighted by Crippen LogP contribution is 2.12. The maximum Gasteiger partial charge on any atom is 0.241 e. The van der Waals surface area contributed by atoms with Gasteiger partial charge in [0.05, 0.1) is 10.9 Å². The lowest BCUT2D eigenvalue weighted by Crippen LogP contribution is -2.43. The van der Waals surface area contributed by atoms with Gasteiger partial charge in [0.1, 0.15) is 5.82 Å². The molecule has 0 bridgehead atoms. The molecule has 0 saturated heterocycles. The number of hydrogen-bond acceptors (Lipinski definition) is 6. The van der Waals surface area contributed by atoms with Gasteiger partial charge < -0.3 is 10.7 Å². The van der Waals surface area contributed by atoms with Crippen molar-refractivity contribution in [2.75, 3.05) is 12.5 Å². The number of anilines is 1. The normalized spacial score (nSPS) is 12.8. The Hall–Kier alpha value is -1.71. The molecule has 0 saturated carbocycles. The van der Waals surface area contributed by atoms with Crippen LogP contribution in [0.2, 0.25) is 0 Å². The van der Waals surface area contributed by atoms with Gasteiger partial charge in [-0.3, -0.25) is 4.79 Å². The number of nitrogens with one attached hydrogen (secondary N) is 3. The van der Waals surface area contributed by atoms with E-state index < -0.39 is 22.0 Å². The predicted molar refractivity (Wildman–Crippen MR) is 65.9 cm³/mol. The van der Waals surface area contributed by atoms with Crippen LogP contribution >= 0.6 is 0 Å². The SMILES string of the molecule is CNC(=O)C(C)NS(=O)(=O)c1ccnc(NN)c1. The highest BCUT2D eigenvalue weighted by molar-refractivity contribution is 7.89. The zero-order chi connectivity index (χ0) is 13.8. The van der Waals surface area contributed by atoms with Crippen LogP contribution in [0.1, 0.15) is 6.92 Å². The molecule has 9 heteroatoms. The van der Waals surface area contributed by atoms with Gasteiger partial charge in [0.2, 0.25) is 15.9 Å². The number of rotatable bonds is 5. The maximum absolute atomic E-state index is 11.9. The predicted octanol–water partition coefficient (Wildman–Crippen LogP) is -1.22. The number of pyridine rings is 1. The molecule has 0 radical (unpaired) electrons. The Labute approximate surface area is 105 Å². The number of hydrogen-bond donors (Lipinski definition) is 4. The largest absolute Gasteiger partial charge is 0.358 e. The lowest BCUT2D eigenvalue weighted by Gasteiger charge is -2.13. The van der Waals surface area contributed by atoms with Crippen molar-refractivity contribution in [1.82, 2.24) is 15.0 Å². The number of hydrazine groups is 1. The van der Waals surface area contributed by atoms with E-state index >= 15 is 0 Å². The van der Waals surface area contributed by atoms with E-state index in [0.717, 1.165) is 0 Å². The minimum absolute atomic E-state index is 0.0267. The molecule has 0 spiro atoms. The second-order valence-corrected chi connectivity index (χ2v) is 5.19. The maximum atomic E-state index is 11.9. The van der Waals surface area contributed by atoms with E-state index in [1.807, 2.05) is 0 Å². The number of nitrogens with zero attached hydrogens (tertiary/aromatic N) is 1. The summed E-state index contributed by atoms with van der Waals surface area (Å²) in [5.41, 5.74) is 2.24. The van der Waals surface area contributed by atoms with Crippen LogP contribution in [0.15, 0.2) is 23.2 Å². The molecular formula is C9H15N5O3S. The molecule has 100 valence electrons. The average molecular weight is 273 g/mol. The first kappa shape index (κ1) is 14.4. The van der Waals surface area contributed by atoms with Gasteiger partial charge in [-0.15, -0.1) is 0 Å². The zero-order valence-electron chi connectivity index (χ0n) is 9.97. The number of likely N-dealkylation sites (N-methyl/N-ethyl adjacent to an activating group) is 1. The third kappa shape index (κ3) is 3.39. The molecule has 8 nitrogen and oxygen atoms in total. The third-order valence-electron chi connectivity index (χ3n) is 2.16. The molecule has 1 aromatic rings. The summed E-state index contributed by atoms with van der Waals surface area (Å²) in [5, 5.41) is 2.35. The van der Waals surface area contributed by atoms with Crippen LogP contribution in [0.4, 0.5) is 5.82 Å². The third-order valence-corrected chi connectivity index (χ3v) is 3.70. The Kier molecular flexibility index (Phi) is 4.59. The van der Waals surface area contributed by atoms with Crippen molar-refractivity contribution >= 4 is 21.7 Å². The smallest absolute Gasteiger partial charge is 0.241 e. The molecule has 1 rings (SSSR count). The van der Waals surface area contributed by atoms with Crippen molar-refractivity contribution in [2.24, 2.45) is 5.84 Å². The van der Waals surface area contributed by atoms with Gasteiger partial charge in [-0.05, 0) is 13.0 Å². The van der Waals surface area contributed by atoms with Crippen LogP contribution < -0.4 is 21.3 Å². The molecule has 1 atom stereocenters. The summed E-state index contributed by atoms with van der Waals surface area (Å²) in [5.74, 6) is 4.93. The van der Waals surface area contributed by atoms with Gasteiger partial charge >= 0.3 is 0 Å². The quantitative estimate of drug-likeness (QED) is 0.393. The first-order valence-corrected chi connectivity index (χ1v) is 6.55. The Morgan fingerprint density at radius 3 is 2.72 bits per heavy atom. The summed E-state index contributed by atoms with van der Waals surface area (Å²) in [6.07, 6.45) is 1.30. The standard InChI is InChI=1S/C9H15N5O3S/c1-6(9(15)11-2)14-18(16,17)7-3-4-12-8(5-7)13-10/h3-6,14H,10H2,1-2H3,(H,11,15)(H,12,13). The number of sulfonamides is 1. The molecule has 0 aromatic carbocycles. The van der Waals surface area contributed by atoms with E-state index in [9.17, 15) is 13.2 Å². The monoisotopic (exact) mass is 273 g/mol. The molecule has 5 N–H and O–H groups in total. The number of aromatic nitrogens is 1. The Bertz CT molecular complexity index is 531. The Morgan fingerprint density at radius 1 is 1.50 bits per heavy atom. The van der Waals surface area contributed by atoms with Crippen LogP contribution in [-0.2, 0) is 14.8 Å². The van der Waals surface area contributed by atoms with E-state index in [1.54, 1.807) is 0 Å². The van der Waals surface area contributed by atoms with Gasteiger partial charge in [-0.2, -0.15) is 4.72 Å². The number of amides is 1.